The predicted octanol–water partition coefficient (Wildman–Crippen LogP) is 3.46. The fourth-order valence-electron chi connectivity index (χ4n) is 4.38. The Morgan fingerprint density at radius 1 is 1.36 bits per heavy atom. The number of fused-ring (bicyclic) bond motifs is 2. The lowest BCUT2D eigenvalue weighted by Gasteiger charge is -2.28. The van der Waals surface area contributed by atoms with Crippen molar-refractivity contribution in [1.82, 2.24) is 5.32 Å². The van der Waals surface area contributed by atoms with E-state index in [0.29, 0.717) is 17.4 Å². The minimum absolute atomic E-state index is 0.0721. The first kappa shape index (κ1) is 15.0. The second-order valence-corrected chi connectivity index (χ2v) is 6.83. The summed E-state index contributed by atoms with van der Waals surface area (Å²) >= 11 is 0. The summed E-state index contributed by atoms with van der Waals surface area (Å²) in [6, 6.07) is 4.96. The molecular formula is C17H22N2O3. The molecule has 1 aromatic carbocycles. The number of carbonyl (C=O) groups excluding carboxylic acids is 1. The van der Waals surface area contributed by atoms with Crippen molar-refractivity contribution in [3.8, 4) is 0 Å². The average molecular weight is 302 g/mol. The van der Waals surface area contributed by atoms with Gasteiger partial charge in [0, 0.05) is 11.6 Å². The third-order valence-electron chi connectivity index (χ3n) is 5.46. The molecule has 5 nitrogen and oxygen atoms in total. The van der Waals surface area contributed by atoms with Crippen molar-refractivity contribution in [2.24, 2.45) is 17.8 Å². The van der Waals surface area contributed by atoms with Crippen LogP contribution in [0.3, 0.4) is 0 Å². The Labute approximate surface area is 130 Å². The summed E-state index contributed by atoms with van der Waals surface area (Å²) in [6.45, 7) is 3.69. The molecule has 2 saturated carbocycles. The molecule has 0 heterocycles. The SMILES string of the molecule is Cc1cccc(C(=O)N[C@H](C)[C@@H]2C[C@H]3CC[C@H]2C3)c1[N+](=O)[O-]. The molecule has 1 aromatic rings. The number of benzene rings is 1. The van der Waals surface area contributed by atoms with Crippen molar-refractivity contribution in [3.05, 3.63) is 39.4 Å². The number of amides is 1. The second kappa shape index (κ2) is 5.71. The number of nitrogens with one attached hydrogen (secondary N) is 1. The van der Waals surface area contributed by atoms with Gasteiger partial charge in [-0.15, -0.1) is 0 Å². The first-order valence-corrected chi connectivity index (χ1v) is 8.02. The number of nitro benzene ring substituents is 1. The zero-order valence-electron chi connectivity index (χ0n) is 13.0. The summed E-state index contributed by atoms with van der Waals surface area (Å²) in [4.78, 5) is 23.2. The average Bonchev–Trinajstić information content (AvgIpc) is 3.09. The van der Waals surface area contributed by atoms with Crippen LogP contribution in [0.4, 0.5) is 5.69 Å². The first-order chi connectivity index (χ1) is 10.5. The third-order valence-corrected chi connectivity index (χ3v) is 5.46. The first-order valence-electron chi connectivity index (χ1n) is 8.02. The van der Waals surface area contributed by atoms with Crippen molar-refractivity contribution < 1.29 is 9.72 Å². The number of aryl methyl sites for hydroxylation is 1. The van der Waals surface area contributed by atoms with E-state index in [0.717, 1.165) is 5.92 Å². The highest BCUT2D eigenvalue weighted by Gasteiger charge is 2.42. The van der Waals surface area contributed by atoms with Crippen molar-refractivity contribution in [2.75, 3.05) is 0 Å². The van der Waals surface area contributed by atoms with E-state index < -0.39 is 4.92 Å². The highest BCUT2D eigenvalue weighted by Crippen LogP contribution is 2.49. The molecule has 2 fully saturated rings. The van der Waals surface area contributed by atoms with Crippen molar-refractivity contribution >= 4 is 11.6 Å². The highest BCUT2D eigenvalue weighted by molar-refractivity contribution is 5.98. The number of para-hydroxylation sites is 1. The molecule has 0 unspecified atom stereocenters. The van der Waals surface area contributed by atoms with Gasteiger partial charge >= 0.3 is 0 Å². The molecule has 2 bridgehead atoms. The number of carbonyl (C=O) groups is 1. The molecule has 2 aliphatic rings. The molecule has 0 spiro atoms. The molecule has 5 heteroatoms. The molecule has 0 aliphatic heterocycles. The van der Waals surface area contributed by atoms with E-state index in [4.69, 9.17) is 0 Å². The van der Waals surface area contributed by atoms with Crippen LogP contribution in [0.1, 0.15) is 48.5 Å². The van der Waals surface area contributed by atoms with Gasteiger partial charge in [0.05, 0.1) is 4.92 Å². The maximum absolute atomic E-state index is 12.5. The minimum atomic E-state index is -0.466. The van der Waals surface area contributed by atoms with Crippen molar-refractivity contribution in [1.29, 1.82) is 0 Å². The number of rotatable bonds is 4. The van der Waals surface area contributed by atoms with Gasteiger partial charge in [0.15, 0.2) is 0 Å². The van der Waals surface area contributed by atoms with Gasteiger partial charge in [0.25, 0.3) is 11.6 Å². The maximum Gasteiger partial charge on any atom is 0.285 e. The summed E-state index contributed by atoms with van der Waals surface area (Å²) < 4.78 is 0. The lowest BCUT2D eigenvalue weighted by atomic mass is 9.84. The largest absolute Gasteiger partial charge is 0.349 e. The van der Waals surface area contributed by atoms with Crippen LogP contribution in [0.2, 0.25) is 0 Å². The topological polar surface area (TPSA) is 72.2 Å². The molecule has 0 aromatic heterocycles. The van der Waals surface area contributed by atoms with E-state index in [9.17, 15) is 14.9 Å². The lowest BCUT2D eigenvalue weighted by Crippen LogP contribution is -2.40. The fraction of sp³-hybridized carbons (Fsp3) is 0.588. The van der Waals surface area contributed by atoms with Crippen LogP contribution in [-0.2, 0) is 0 Å². The predicted molar refractivity (Wildman–Crippen MR) is 83.7 cm³/mol. The molecule has 1 amide bonds. The van der Waals surface area contributed by atoms with Crippen LogP contribution in [0.25, 0.3) is 0 Å². The number of hydrogen-bond acceptors (Lipinski definition) is 3. The smallest absolute Gasteiger partial charge is 0.285 e. The van der Waals surface area contributed by atoms with Gasteiger partial charge in [-0.1, -0.05) is 18.6 Å². The Balaban J connectivity index is 1.75. The van der Waals surface area contributed by atoms with Gasteiger partial charge in [-0.05, 0) is 56.9 Å². The van der Waals surface area contributed by atoms with Gasteiger partial charge < -0.3 is 5.32 Å². The lowest BCUT2D eigenvalue weighted by molar-refractivity contribution is -0.385. The monoisotopic (exact) mass is 302 g/mol. The zero-order valence-corrected chi connectivity index (χ0v) is 13.0. The Morgan fingerprint density at radius 2 is 2.14 bits per heavy atom. The third kappa shape index (κ3) is 2.60. The molecule has 1 N–H and O–H groups in total. The maximum atomic E-state index is 12.5. The summed E-state index contributed by atoms with van der Waals surface area (Å²) in [5.74, 6) is 1.73. The number of nitrogens with zero attached hydrogens (tertiary/aromatic N) is 1. The van der Waals surface area contributed by atoms with Crippen LogP contribution in [-0.4, -0.2) is 16.9 Å². The van der Waals surface area contributed by atoms with Crippen LogP contribution in [0.15, 0.2) is 18.2 Å². The van der Waals surface area contributed by atoms with Gasteiger partial charge in [-0.25, -0.2) is 0 Å². The minimum Gasteiger partial charge on any atom is -0.349 e. The molecule has 4 atom stereocenters. The van der Waals surface area contributed by atoms with Crippen LogP contribution in [0.5, 0.6) is 0 Å². The molecule has 118 valence electrons. The summed E-state index contributed by atoms with van der Waals surface area (Å²) in [5.41, 5.74) is 0.602. The molecular weight excluding hydrogens is 280 g/mol. The molecule has 22 heavy (non-hydrogen) atoms. The zero-order chi connectivity index (χ0) is 15.9. The van der Waals surface area contributed by atoms with E-state index in [1.807, 2.05) is 6.92 Å². The van der Waals surface area contributed by atoms with Gasteiger partial charge in [0.1, 0.15) is 5.56 Å². The Hall–Kier alpha value is -1.91. The van der Waals surface area contributed by atoms with E-state index in [-0.39, 0.29) is 23.2 Å². The summed E-state index contributed by atoms with van der Waals surface area (Å²) in [7, 11) is 0. The highest BCUT2D eigenvalue weighted by atomic mass is 16.6. The Bertz CT molecular complexity index is 614. The Morgan fingerprint density at radius 3 is 2.73 bits per heavy atom. The van der Waals surface area contributed by atoms with E-state index in [2.05, 4.69) is 5.32 Å². The summed E-state index contributed by atoms with van der Waals surface area (Å²) in [6.07, 6.45) is 5.06. The van der Waals surface area contributed by atoms with Gasteiger partial charge in [-0.2, -0.15) is 0 Å². The molecule has 0 saturated heterocycles. The van der Waals surface area contributed by atoms with E-state index in [1.54, 1.807) is 19.1 Å². The molecule has 3 rings (SSSR count). The molecule has 2 aliphatic carbocycles. The van der Waals surface area contributed by atoms with Crippen LogP contribution in [0, 0.1) is 34.8 Å². The quantitative estimate of drug-likeness (QED) is 0.684. The number of nitro groups is 1. The Kier molecular flexibility index (Phi) is 3.89. The molecule has 0 radical (unpaired) electrons. The summed E-state index contributed by atoms with van der Waals surface area (Å²) in [5, 5.41) is 14.2. The van der Waals surface area contributed by atoms with E-state index in [1.165, 1.54) is 31.7 Å². The standard InChI is InChI=1S/C17H22N2O3/c1-10-4-3-5-14(16(10)19(21)22)17(20)18-11(2)15-9-12-6-7-13(15)8-12/h3-5,11-13,15H,6-9H2,1-2H3,(H,18,20)/t11-,12+,13+,15+/m1/s1. The fourth-order valence-corrected chi connectivity index (χ4v) is 4.38. The normalized spacial score (nSPS) is 27.6. The second-order valence-electron chi connectivity index (χ2n) is 6.83. The van der Waals surface area contributed by atoms with Crippen molar-refractivity contribution in [3.63, 3.8) is 0 Å². The number of hydrogen-bond donors (Lipinski definition) is 1. The van der Waals surface area contributed by atoms with E-state index >= 15 is 0 Å². The van der Waals surface area contributed by atoms with Crippen LogP contribution >= 0.6 is 0 Å². The van der Waals surface area contributed by atoms with Gasteiger partial charge in [0.2, 0.25) is 0 Å². The van der Waals surface area contributed by atoms with Gasteiger partial charge in [-0.3, -0.25) is 14.9 Å². The van der Waals surface area contributed by atoms with Crippen molar-refractivity contribution in [2.45, 2.75) is 45.6 Å². The van der Waals surface area contributed by atoms with Crippen LogP contribution < -0.4 is 5.32 Å².